The number of benzene rings is 1. The van der Waals surface area contributed by atoms with Crippen molar-refractivity contribution in [2.45, 2.75) is 18.1 Å². The van der Waals surface area contributed by atoms with Crippen molar-refractivity contribution in [2.24, 2.45) is 5.14 Å². The molecule has 1 aliphatic rings. The van der Waals surface area contributed by atoms with Gasteiger partial charge in [0, 0.05) is 13.2 Å². The van der Waals surface area contributed by atoms with Crippen LogP contribution in [0.25, 0.3) is 0 Å². The first kappa shape index (κ1) is 16.0. The molecule has 1 aliphatic heterocycles. The second-order valence-electron chi connectivity index (χ2n) is 4.69. The summed E-state index contributed by atoms with van der Waals surface area (Å²) >= 11 is 0. The third-order valence-corrected chi connectivity index (χ3v) is 5.38. The third-order valence-electron chi connectivity index (χ3n) is 2.99. The molecule has 0 saturated carbocycles. The normalized spacial score (nSPS) is 17.4. The van der Waals surface area contributed by atoms with E-state index in [0.29, 0.717) is 26.1 Å². The summed E-state index contributed by atoms with van der Waals surface area (Å²) in [6.07, 6.45) is 0.870. The highest BCUT2D eigenvalue weighted by Gasteiger charge is 2.27. The summed E-state index contributed by atoms with van der Waals surface area (Å²) in [5, 5.41) is 4.36. The van der Waals surface area contributed by atoms with Crippen LogP contribution < -0.4 is 14.6 Å². The zero-order chi connectivity index (χ0) is 15.5. The van der Waals surface area contributed by atoms with Gasteiger partial charge in [-0.1, -0.05) is 6.07 Å². The molecular formula is C11H17N3O5S2. The Balaban J connectivity index is 2.13. The summed E-state index contributed by atoms with van der Waals surface area (Å²) in [6.45, 7) is 0.831. The van der Waals surface area contributed by atoms with Crippen LogP contribution in [0.4, 0.5) is 11.4 Å². The lowest BCUT2D eigenvalue weighted by Crippen LogP contribution is -2.33. The van der Waals surface area contributed by atoms with E-state index in [2.05, 4.69) is 9.44 Å². The molecule has 10 heteroatoms. The van der Waals surface area contributed by atoms with E-state index in [4.69, 9.17) is 9.88 Å². The zero-order valence-electron chi connectivity index (χ0n) is 11.2. The van der Waals surface area contributed by atoms with Gasteiger partial charge in [0.25, 0.3) is 10.2 Å². The quantitative estimate of drug-likeness (QED) is 0.709. The molecule has 4 N–H and O–H groups in total. The number of sulfonamides is 1. The van der Waals surface area contributed by atoms with Crippen molar-refractivity contribution in [3.8, 4) is 0 Å². The second kappa shape index (κ2) is 6.18. The zero-order valence-corrected chi connectivity index (χ0v) is 12.8. The van der Waals surface area contributed by atoms with Gasteiger partial charge >= 0.3 is 0 Å². The number of hydrogen-bond acceptors (Lipinski definition) is 5. The predicted octanol–water partition coefficient (Wildman–Crippen LogP) is 0.223. The van der Waals surface area contributed by atoms with Gasteiger partial charge in [-0.25, -0.2) is 13.6 Å². The average molecular weight is 335 g/mol. The van der Waals surface area contributed by atoms with Gasteiger partial charge in [-0.05, 0) is 31.0 Å². The number of nitrogens with two attached hydrogens (primary N) is 1. The molecule has 0 radical (unpaired) electrons. The van der Waals surface area contributed by atoms with E-state index in [9.17, 15) is 16.8 Å². The Morgan fingerprint density at radius 3 is 2.19 bits per heavy atom. The van der Waals surface area contributed by atoms with E-state index in [0.717, 1.165) is 0 Å². The summed E-state index contributed by atoms with van der Waals surface area (Å²) in [5.41, 5.74) is 0.458. The molecule has 0 spiro atoms. The summed E-state index contributed by atoms with van der Waals surface area (Å²) in [5.74, 6) is 0. The highest BCUT2D eigenvalue weighted by molar-refractivity contribution is 7.93. The number of nitrogens with one attached hydrogen (secondary N) is 2. The first-order valence-corrected chi connectivity index (χ1v) is 9.35. The summed E-state index contributed by atoms with van der Waals surface area (Å²) in [6, 6.07) is 5.89. The molecule has 118 valence electrons. The van der Waals surface area contributed by atoms with Crippen molar-refractivity contribution < 1.29 is 21.6 Å². The number of hydrogen-bond donors (Lipinski definition) is 3. The number of rotatable bonds is 5. The Kier molecular flexibility index (Phi) is 4.71. The van der Waals surface area contributed by atoms with Crippen LogP contribution >= 0.6 is 0 Å². The van der Waals surface area contributed by atoms with Crippen LogP contribution in [0.5, 0.6) is 0 Å². The average Bonchev–Trinajstić information content (AvgIpc) is 2.37. The van der Waals surface area contributed by atoms with Crippen LogP contribution in [0.15, 0.2) is 24.3 Å². The molecule has 1 saturated heterocycles. The van der Waals surface area contributed by atoms with Gasteiger partial charge in [0.05, 0.1) is 16.6 Å². The lowest BCUT2D eigenvalue weighted by Gasteiger charge is -2.22. The molecule has 1 aromatic carbocycles. The highest BCUT2D eigenvalue weighted by atomic mass is 32.2. The Morgan fingerprint density at radius 2 is 1.62 bits per heavy atom. The monoisotopic (exact) mass is 335 g/mol. The molecule has 1 aromatic rings. The lowest BCUT2D eigenvalue weighted by atomic mass is 10.2. The molecule has 0 aromatic heterocycles. The summed E-state index contributed by atoms with van der Waals surface area (Å²) in [7, 11) is -7.44. The van der Waals surface area contributed by atoms with Crippen molar-refractivity contribution in [1.29, 1.82) is 0 Å². The summed E-state index contributed by atoms with van der Waals surface area (Å²) < 4.78 is 56.0. The molecule has 8 nitrogen and oxygen atoms in total. The Bertz CT molecular complexity index is 696. The van der Waals surface area contributed by atoms with Gasteiger partial charge in [0.1, 0.15) is 0 Å². The minimum absolute atomic E-state index is 0.185. The van der Waals surface area contributed by atoms with Crippen LogP contribution in [0.3, 0.4) is 0 Å². The number of ether oxygens (including phenoxy) is 1. The van der Waals surface area contributed by atoms with E-state index in [1.165, 1.54) is 24.3 Å². The molecule has 21 heavy (non-hydrogen) atoms. The van der Waals surface area contributed by atoms with Crippen molar-refractivity contribution in [2.75, 3.05) is 22.7 Å². The predicted molar refractivity (Wildman–Crippen MR) is 79.6 cm³/mol. The summed E-state index contributed by atoms with van der Waals surface area (Å²) in [4.78, 5) is 0. The highest BCUT2D eigenvalue weighted by Crippen LogP contribution is 2.21. The first-order chi connectivity index (χ1) is 9.76. The lowest BCUT2D eigenvalue weighted by molar-refractivity contribution is 0.0984. The van der Waals surface area contributed by atoms with Crippen LogP contribution in [-0.4, -0.2) is 35.3 Å². The van der Waals surface area contributed by atoms with Crippen molar-refractivity contribution in [3.05, 3.63) is 24.3 Å². The maximum absolute atomic E-state index is 12.2. The number of anilines is 2. The Hall–Kier alpha value is -1.36. The van der Waals surface area contributed by atoms with Crippen LogP contribution in [0.2, 0.25) is 0 Å². The van der Waals surface area contributed by atoms with E-state index in [-0.39, 0.29) is 11.4 Å². The van der Waals surface area contributed by atoms with Gasteiger partial charge in [0.15, 0.2) is 0 Å². The fraction of sp³-hybridized carbons (Fsp3) is 0.455. The largest absolute Gasteiger partial charge is 0.381 e. The van der Waals surface area contributed by atoms with E-state index in [1.54, 1.807) is 0 Å². The third kappa shape index (κ3) is 4.84. The standard InChI is InChI=1S/C11H17N3O5S2/c12-21(17,18)14-10-3-1-2-9(8-10)13-20(15,16)11-4-6-19-7-5-11/h1-3,8,11,13-14H,4-7H2,(H2,12,17,18). The molecule has 0 aliphatic carbocycles. The molecule has 1 heterocycles. The van der Waals surface area contributed by atoms with Gasteiger partial charge in [-0.15, -0.1) is 0 Å². The van der Waals surface area contributed by atoms with Gasteiger partial charge in [-0.3, -0.25) is 9.44 Å². The van der Waals surface area contributed by atoms with Crippen LogP contribution in [-0.2, 0) is 25.0 Å². The Morgan fingerprint density at radius 1 is 1.05 bits per heavy atom. The topological polar surface area (TPSA) is 128 Å². The maximum atomic E-state index is 12.2. The molecular weight excluding hydrogens is 318 g/mol. The van der Waals surface area contributed by atoms with Gasteiger partial charge in [-0.2, -0.15) is 8.42 Å². The van der Waals surface area contributed by atoms with Gasteiger partial charge in [0.2, 0.25) is 10.0 Å². The van der Waals surface area contributed by atoms with E-state index in [1.807, 2.05) is 0 Å². The minimum atomic E-state index is -3.90. The van der Waals surface area contributed by atoms with E-state index < -0.39 is 25.5 Å². The minimum Gasteiger partial charge on any atom is -0.381 e. The smallest absolute Gasteiger partial charge is 0.296 e. The van der Waals surface area contributed by atoms with Crippen molar-refractivity contribution in [1.82, 2.24) is 0 Å². The van der Waals surface area contributed by atoms with Crippen LogP contribution in [0, 0.1) is 0 Å². The van der Waals surface area contributed by atoms with Crippen LogP contribution in [0.1, 0.15) is 12.8 Å². The van der Waals surface area contributed by atoms with Crippen molar-refractivity contribution in [3.63, 3.8) is 0 Å². The Labute approximate surface area is 123 Å². The fourth-order valence-corrected chi connectivity index (χ4v) is 3.94. The SMILES string of the molecule is NS(=O)(=O)Nc1cccc(NS(=O)(=O)C2CCOCC2)c1. The fourth-order valence-electron chi connectivity index (χ4n) is 2.04. The van der Waals surface area contributed by atoms with Gasteiger partial charge < -0.3 is 4.74 Å². The molecule has 1 fully saturated rings. The molecule has 0 atom stereocenters. The maximum Gasteiger partial charge on any atom is 0.296 e. The second-order valence-corrected chi connectivity index (χ2v) is 7.94. The van der Waals surface area contributed by atoms with Crippen molar-refractivity contribution >= 4 is 31.6 Å². The molecule has 0 bridgehead atoms. The van der Waals surface area contributed by atoms with E-state index >= 15 is 0 Å². The molecule has 0 unspecified atom stereocenters. The molecule has 2 rings (SSSR count). The molecule has 0 amide bonds. The first-order valence-electron chi connectivity index (χ1n) is 6.26.